The molecule has 1 rings (SSSR count). The van der Waals surface area contributed by atoms with Gasteiger partial charge in [0.1, 0.15) is 5.82 Å². The van der Waals surface area contributed by atoms with Crippen molar-refractivity contribution in [3.8, 4) is 0 Å². The summed E-state index contributed by atoms with van der Waals surface area (Å²) in [6.45, 7) is 7.45. The average Bonchev–Trinajstić information content (AvgIpc) is 2.33. The molecule has 0 fully saturated rings. The molecule has 4 nitrogen and oxygen atoms in total. The van der Waals surface area contributed by atoms with Gasteiger partial charge in [0.15, 0.2) is 0 Å². The molecule has 1 aromatic rings. The molecule has 20 heavy (non-hydrogen) atoms. The van der Waals surface area contributed by atoms with Gasteiger partial charge in [0.05, 0.1) is 0 Å². The van der Waals surface area contributed by atoms with Crippen LogP contribution in [0, 0.1) is 18.2 Å². The number of aliphatic hydroxyl groups is 1. The fourth-order valence-electron chi connectivity index (χ4n) is 1.92. The van der Waals surface area contributed by atoms with E-state index >= 15 is 0 Å². The Hall–Kier alpha value is -1.62. The van der Waals surface area contributed by atoms with Gasteiger partial charge in [-0.3, -0.25) is 4.79 Å². The Morgan fingerprint density at radius 1 is 1.45 bits per heavy atom. The van der Waals surface area contributed by atoms with Gasteiger partial charge in [-0.05, 0) is 30.9 Å². The number of carbonyl (C=O) groups is 1. The largest absolute Gasteiger partial charge is 0.398 e. The van der Waals surface area contributed by atoms with Gasteiger partial charge in [-0.1, -0.05) is 20.8 Å². The van der Waals surface area contributed by atoms with Crippen molar-refractivity contribution in [2.75, 3.05) is 12.3 Å². The number of rotatable bonds is 4. The topological polar surface area (TPSA) is 75.4 Å². The lowest BCUT2D eigenvalue weighted by atomic mass is 9.84. The van der Waals surface area contributed by atoms with Gasteiger partial charge in [-0.2, -0.15) is 0 Å². The fraction of sp³-hybridized carbons (Fsp3) is 0.533. The molecular weight excluding hydrogens is 259 g/mol. The maximum absolute atomic E-state index is 13.6. The highest BCUT2D eigenvalue weighted by atomic mass is 19.1. The number of nitrogen functional groups attached to an aromatic ring is 1. The van der Waals surface area contributed by atoms with Crippen LogP contribution in [0.25, 0.3) is 0 Å². The highest BCUT2D eigenvalue weighted by Crippen LogP contribution is 2.23. The molecule has 0 aliphatic rings. The van der Waals surface area contributed by atoms with Crippen molar-refractivity contribution in [2.45, 2.75) is 40.2 Å². The van der Waals surface area contributed by atoms with Crippen LogP contribution in [0.2, 0.25) is 0 Å². The molecule has 1 unspecified atom stereocenters. The number of halogens is 1. The molecule has 1 amide bonds. The molecule has 0 saturated heterocycles. The monoisotopic (exact) mass is 282 g/mol. The number of nitrogens with one attached hydrogen (secondary N) is 1. The predicted octanol–water partition coefficient (Wildman–Crippen LogP) is 2.24. The van der Waals surface area contributed by atoms with E-state index in [0.717, 1.165) is 0 Å². The molecule has 5 heteroatoms. The van der Waals surface area contributed by atoms with Crippen LogP contribution in [0.4, 0.5) is 10.1 Å². The third kappa shape index (κ3) is 3.93. The molecule has 1 atom stereocenters. The smallest absolute Gasteiger partial charge is 0.251 e. The Morgan fingerprint density at radius 2 is 2.05 bits per heavy atom. The minimum absolute atomic E-state index is 0.0212. The Kier molecular flexibility index (Phi) is 5.11. The number of amides is 1. The zero-order chi connectivity index (χ0) is 15.5. The summed E-state index contributed by atoms with van der Waals surface area (Å²) in [6.07, 6.45) is 0.444. The molecule has 0 aliphatic heterocycles. The molecule has 0 spiro atoms. The van der Waals surface area contributed by atoms with Gasteiger partial charge >= 0.3 is 0 Å². The van der Waals surface area contributed by atoms with Crippen LogP contribution in [0.5, 0.6) is 0 Å². The second kappa shape index (κ2) is 6.22. The lowest BCUT2D eigenvalue weighted by Crippen LogP contribution is -2.44. The van der Waals surface area contributed by atoms with Crippen molar-refractivity contribution in [1.29, 1.82) is 0 Å². The van der Waals surface area contributed by atoms with Gasteiger partial charge < -0.3 is 16.2 Å². The van der Waals surface area contributed by atoms with Gasteiger partial charge in [0, 0.05) is 29.5 Å². The van der Waals surface area contributed by atoms with Gasteiger partial charge in [0.2, 0.25) is 0 Å². The van der Waals surface area contributed by atoms with Crippen molar-refractivity contribution in [2.24, 2.45) is 5.41 Å². The van der Waals surface area contributed by atoms with Crippen LogP contribution in [0.15, 0.2) is 12.1 Å². The Morgan fingerprint density at radius 3 is 2.50 bits per heavy atom. The Balaban J connectivity index is 2.95. The lowest BCUT2D eigenvalue weighted by molar-refractivity contribution is 0.0884. The second-order valence-electron chi connectivity index (χ2n) is 6.08. The van der Waals surface area contributed by atoms with Crippen molar-refractivity contribution < 1.29 is 14.3 Å². The molecule has 1 aromatic carbocycles. The fourth-order valence-corrected chi connectivity index (χ4v) is 1.92. The van der Waals surface area contributed by atoms with Crippen LogP contribution in [-0.4, -0.2) is 23.7 Å². The van der Waals surface area contributed by atoms with Crippen molar-refractivity contribution in [3.63, 3.8) is 0 Å². The lowest BCUT2D eigenvalue weighted by Gasteiger charge is -2.31. The molecule has 112 valence electrons. The maximum atomic E-state index is 13.6. The maximum Gasteiger partial charge on any atom is 0.251 e. The number of anilines is 1. The first-order valence-electron chi connectivity index (χ1n) is 6.64. The minimum atomic E-state index is -0.496. The summed E-state index contributed by atoms with van der Waals surface area (Å²) in [6, 6.07) is 2.44. The highest BCUT2D eigenvalue weighted by Gasteiger charge is 2.26. The van der Waals surface area contributed by atoms with E-state index in [2.05, 4.69) is 5.32 Å². The predicted molar refractivity (Wildman–Crippen MR) is 78.0 cm³/mol. The second-order valence-corrected chi connectivity index (χ2v) is 6.08. The summed E-state index contributed by atoms with van der Waals surface area (Å²) in [7, 11) is 0. The first kappa shape index (κ1) is 16.4. The number of hydrogen-bond acceptors (Lipinski definition) is 3. The van der Waals surface area contributed by atoms with Gasteiger partial charge in [-0.15, -0.1) is 0 Å². The summed E-state index contributed by atoms with van der Waals surface area (Å²) in [5.74, 6) is -0.881. The van der Waals surface area contributed by atoms with Gasteiger partial charge in [-0.25, -0.2) is 4.39 Å². The summed E-state index contributed by atoms with van der Waals surface area (Å²) >= 11 is 0. The zero-order valence-corrected chi connectivity index (χ0v) is 12.5. The van der Waals surface area contributed by atoms with Crippen LogP contribution in [-0.2, 0) is 0 Å². The first-order chi connectivity index (χ1) is 9.16. The molecule has 0 radical (unpaired) electrons. The van der Waals surface area contributed by atoms with E-state index in [1.807, 2.05) is 20.8 Å². The standard InChI is InChI=1S/C15H23FN2O2/c1-9-11(16)7-10(8-12(9)17)14(20)18-13(5-6-19)15(2,3)4/h7-8,13,19H,5-6,17H2,1-4H3,(H,18,20). The van der Waals surface area contributed by atoms with Gasteiger partial charge in [0.25, 0.3) is 5.91 Å². The Labute approximate surface area is 119 Å². The number of nitrogens with two attached hydrogens (primary N) is 1. The van der Waals surface area contributed by atoms with E-state index in [0.29, 0.717) is 12.0 Å². The Bertz CT molecular complexity index is 472. The zero-order valence-electron chi connectivity index (χ0n) is 12.5. The first-order valence-corrected chi connectivity index (χ1v) is 6.64. The molecule has 0 heterocycles. The number of carbonyl (C=O) groups excluding carboxylic acids is 1. The van der Waals surface area contributed by atoms with E-state index in [4.69, 9.17) is 10.8 Å². The number of hydrogen-bond donors (Lipinski definition) is 3. The molecular formula is C15H23FN2O2. The number of aliphatic hydroxyl groups excluding tert-OH is 1. The SMILES string of the molecule is Cc1c(N)cc(C(=O)NC(CCO)C(C)(C)C)cc1F. The van der Waals surface area contributed by atoms with Crippen LogP contribution in [0.3, 0.4) is 0 Å². The highest BCUT2D eigenvalue weighted by molar-refractivity contribution is 5.95. The molecule has 4 N–H and O–H groups in total. The summed E-state index contributed by atoms with van der Waals surface area (Å²) in [4.78, 5) is 12.2. The van der Waals surface area contributed by atoms with Crippen LogP contribution < -0.4 is 11.1 Å². The van der Waals surface area contributed by atoms with Crippen molar-refractivity contribution in [3.05, 3.63) is 29.1 Å². The molecule has 0 aliphatic carbocycles. The van der Waals surface area contributed by atoms with Crippen molar-refractivity contribution >= 4 is 11.6 Å². The average molecular weight is 282 g/mol. The normalized spacial score (nSPS) is 13.1. The third-order valence-electron chi connectivity index (χ3n) is 3.42. The third-order valence-corrected chi connectivity index (χ3v) is 3.42. The van der Waals surface area contributed by atoms with E-state index in [1.54, 1.807) is 6.92 Å². The van der Waals surface area contributed by atoms with E-state index in [-0.39, 0.29) is 35.2 Å². The molecule has 0 saturated carbocycles. The van der Waals surface area contributed by atoms with E-state index in [9.17, 15) is 9.18 Å². The van der Waals surface area contributed by atoms with E-state index in [1.165, 1.54) is 12.1 Å². The quantitative estimate of drug-likeness (QED) is 0.741. The van der Waals surface area contributed by atoms with E-state index < -0.39 is 5.82 Å². The van der Waals surface area contributed by atoms with Crippen molar-refractivity contribution in [1.82, 2.24) is 5.32 Å². The molecule has 0 aromatic heterocycles. The van der Waals surface area contributed by atoms with Crippen LogP contribution in [0.1, 0.15) is 43.1 Å². The number of benzene rings is 1. The van der Waals surface area contributed by atoms with Crippen LogP contribution >= 0.6 is 0 Å². The summed E-state index contributed by atoms with van der Waals surface area (Å²) in [5.41, 5.74) is 6.26. The minimum Gasteiger partial charge on any atom is -0.398 e. The summed E-state index contributed by atoms with van der Waals surface area (Å²) in [5, 5.41) is 11.9. The summed E-state index contributed by atoms with van der Waals surface area (Å²) < 4.78 is 13.6. The molecule has 0 bridgehead atoms.